The van der Waals surface area contributed by atoms with Gasteiger partial charge in [-0.05, 0) is 29.0 Å². The van der Waals surface area contributed by atoms with Crippen molar-refractivity contribution in [2.45, 2.75) is 25.7 Å². The lowest BCUT2D eigenvalue weighted by Crippen LogP contribution is -2.20. The van der Waals surface area contributed by atoms with Crippen LogP contribution in [-0.2, 0) is 10.2 Å². The summed E-state index contributed by atoms with van der Waals surface area (Å²) in [5.41, 5.74) is 2.26. The molecule has 108 valence electrons. The third-order valence-corrected chi connectivity index (χ3v) is 3.60. The zero-order valence-electron chi connectivity index (χ0n) is 12.4. The van der Waals surface area contributed by atoms with Gasteiger partial charge in [0.15, 0.2) is 0 Å². The Kier molecular flexibility index (Phi) is 4.59. The Hall–Kier alpha value is -2.35. The fourth-order valence-corrected chi connectivity index (χ4v) is 2.41. The Morgan fingerprint density at radius 3 is 2.05 bits per heavy atom. The van der Waals surface area contributed by atoms with Gasteiger partial charge in [0.25, 0.3) is 0 Å². The second kappa shape index (κ2) is 6.40. The largest absolute Gasteiger partial charge is 0.478 e. The Morgan fingerprint density at radius 2 is 1.52 bits per heavy atom. The predicted molar refractivity (Wildman–Crippen MR) is 86.1 cm³/mol. The van der Waals surface area contributed by atoms with Gasteiger partial charge < -0.3 is 5.11 Å². The first-order chi connectivity index (χ1) is 9.99. The first-order valence-corrected chi connectivity index (χ1v) is 7.03. The molecular formula is C19H20O2. The summed E-state index contributed by atoms with van der Waals surface area (Å²) in [5, 5.41) is 9.48. The molecular weight excluding hydrogens is 260 g/mol. The number of aliphatic carboxylic acids is 1. The van der Waals surface area contributed by atoms with E-state index in [4.69, 9.17) is 0 Å². The van der Waals surface area contributed by atoms with Gasteiger partial charge >= 0.3 is 5.97 Å². The average molecular weight is 280 g/mol. The monoisotopic (exact) mass is 280 g/mol. The minimum atomic E-state index is -0.858. The summed E-state index contributed by atoms with van der Waals surface area (Å²) in [7, 11) is 0. The van der Waals surface area contributed by atoms with Crippen LogP contribution in [-0.4, -0.2) is 11.1 Å². The van der Waals surface area contributed by atoms with E-state index in [-0.39, 0.29) is 5.41 Å². The van der Waals surface area contributed by atoms with Crippen molar-refractivity contribution in [3.63, 3.8) is 0 Å². The van der Waals surface area contributed by atoms with E-state index in [1.54, 1.807) is 6.08 Å². The Labute approximate surface area is 125 Å². The lowest BCUT2D eigenvalue weighted by atomic mass is 9.79. The number of carbonyl (C=O) groups is 1. The van der Waals surface area contributed by atoms with Crippen molar-refractivity contribution in [1.82, 2.24) is 0 Å². The van der Waals surface area contributed by atoms with Gasteiger partial charge in [-0.2, -0.15) is 0 Å². The maximum Gasteiger partial charge on any atom is 0.331 e. The molecule has 21 heavy (non-hydrogen) atoms. The van der Waals surface area contributed by atoms with Gasteiger partial charge in [-0.25, -0.2) is 4.79 Å². The first kappa shape index (κ1) is 15.0. The summed E-state index contributed by atoms with van der Waals surface area (Å²) in [4.78, 5) is 11.5. The topological polar surface area (TPSA) is 37.3 Å². The summed E-state index contributed by atoms with van der Waals surface area (Å²) in [6.45, 7) is 4.15. The molecule has 0 aliphatic rings. The summed E-state index contributed by atoms with van der Waals surface area (Å²) >= 11 is 0. The predicted octanol–water partition coefficient (Wildman–Crippen LogP) is 4.52. The van der Waals surface area contributed by atoms with Crippen LogP contribution >= 0.6 is 0 Å². The summed E-state index contributed by atoms with van der Waals surface area (Å²) in [6.07, 6.45) is 2.24. The van der Waals surface area contributed by atoms with Gasteiger partial charge in [0.1, 0.15) is 0 Å². The summed E-state index contributed by atoms with van der Waals surface area (Å²) < 4.78 is 0. The van der Waals surface area contributed by atoms with Crippen molar-refractivity contribution >= 4 is 12.0 Å². The van der Waals surface area contributed by atoms with Gasteiger partial charge in [-0.15, -0.1) is 0 Å². The number of hydrogen-bond acceptors (Lipinski definition) is 1. The maximum atomic E-state index is 11.5. The molecule has 0 spiro atoms. The molecule has 2 nitrogen and oxygen atoms in total. The average Bonchev–Trinajstić information content (AvgIpc) is 2.48. The fourth-order valence-electron chi connectivity index (χ4n) is 2.41. The van der Waals surface area contributed by atoms with E-state index < -0.39 is 5.97 Å². The minimum Gasteiger partial charge on any atom is -0.478 e. The second-order valence-corrected chi connectivity index (χ2v) is 5.81. The van der Waals surface area contributed by atoms with E-state index in [1.807, 2.05) is 60.7 Å². The molecule has 0 radical (unpaired) electrons. The molecule has 0 saturated carbocycles. The lowest BCUT2D eigenvalue weighted by Gasteiger charge is -2.25. The van der Waals surface area contributed by atoms with Crippen LogP contribution in [0.2, 0.25) is 0 Å². The third-order valence-electron chi connectivity index (χ3n) is 3.60. The molecule has 0 aromatic heterocycles. The molecule has 0 saturated heterocycles. The van der Waals surface area contributed by atoms with Crippen LogP contribution in [0.5, 0.6) is 0 Å². The summed E-state index contributed by atoms with van der Waals surface area (Å²) in [6, 6.07) is 19.6. The fraction of sp³-hybridized carbons (Fsp3) is 0.211. The molecule has 2 heteroatoms. The highest BCUT2D eigenvalue weighted by molar-refractivity contribution is 5.92. The van der Waals surface area contributed by atoms with Crippen molar-refractivity contribution in [2.24, 2.45) is 0 Å². The van der Waals surface area contributed by atoms with Crippen molar-refractivity contribution < 1.29 is 9.90 Å². The molecule has 2 rings (SSSR count). The zero-order valence-corrected chi connectivity index (χ0v) is 12.4. The molecule has 0 unspecified atom stereocenters. The van der Waals surface area contributed by atoms with Gasteiger partial charge in [0.05, 0.1) is 0 Å². The van der Waals surface area contributed by atoms with E-state index in [0.29, 0.717) is 12.0 Å². The number of rotatable bonds is 5. The summed E-state index contributed by atoms with van der Waals surface area (Å²) in [5.74, 6) is -0.858. The zero-order chi connectivity index (χ0) is 15.3. The molecule has 0 aliphatic heterocycles. The maximum absolute atomic E-state index is 11.5. The Morgan fingerprint density at radius 1 is 1.00 bits per heavy atom. The molecule has 1 N–H and O–H groups in total. The number of benzene rings is 2. The van der Waals surface area contributed by atoms with Crippen LogP contribution in [0.1, 0.15) is 31.4 Å². The van der Waals surface area contributed by atoms with Crippen molar-refractivity contribution in [3.8, 4) is 0 Å². The van der Waals surface area contributed by atoms with Gasteiger partial charge in [-0.3, -0.25) is 0 Å². The molecule has 0 bridgehead atoms. The van der Waals surface area contributed by atoms with Gasteiger partial charge in [0, 0.05) is 5.57 Å². The normalized spacial score (nSPS) is 12.2. The SMILES string of the molecule is CC(C)(CC(=Cc1ccccc1)C(=O)O)c1ccccc1. The van der Waals surface area contributed by atoms with Crippen molar-refractivity contribution in [1.29, 1.82) is 0 Å². The molecule has 0 amide bonds. The molecule has 0 atom stereocenters. The Bertz CT molecular complexity index is 625. The van der Waals surface area contributed by atoms with Crippen LogP contribution in [0, 0.1) is 0 Å². The third kappa shape index (κ3) is 4.06. The van der Waals surface area contributed by atoms with Gasteiger partial charge in [0.2, 0.25) is 0 Å². The molecule has 0 heterocycles. The van der Waals surface area contributed by atoms with E-state index in [9.17, 15) is 9.90 Å². The number of carboxylic acids is 1. The second-order valence-electron chi connectivity index (χ2n) is 5.81. The van der Waals surface area contributed by atoms with Crippen LogP contribution in [0.15, 0.2) is 66.2 Å². The van der Waals surface area contributed by atoms with E-state index in [2.05, 4.69) is 13.8 Å². The minimum absolute atomic E-state index is 0.222. The molecule has 2 aromatic rings. The van der Waals surface area contributed by atoms with Crippen molar-refractivity contribution in [3.05, 3.63) is 77.4 Å². The van der Waals surface area contributed by atoms with Crippen LogP contribution in [0.4, 0.5) is 0 Å². The quantitative estimate of drug-likeness (QED) is 0.817. The highest BCUT2D eigenvalue weighted by Crippen LogP contribution is 2.31. The van der Waals surface area contributed by atoms with Crippen molar-refractivity contribution in [2.75, 3.05) is 0 Å². The number of hydrogen-bond donors (Lipinski definition) is 1. The molecule has 0 aliphatic carbocycles. The highest BCUT2D eigenvalue weighted by Gasteiger charge is 2.24. The van der Waals surface area contributed by atoms with E-state index in [1.165, 1.54) is 0 Å². The van der Waals surface area contributed by atoms with E-state index >= 15 is 0 Å². The number of carboxylic acid groups (broad SMARTS) is 1. The van der Waals surface area contributed by atoms with Crippen LogP contribution in [0.25, 0.3) is 6.08 Å². The standard InChI is InChI=1S/C19H20O2/c1-19(2,17-11-7-4-8-12-17)14-16(18(20)21)13-15-9-5-3-6-10-15/h3-13H,14H2,1-2H3,(H,20,21). The highest BCUT2D eigenvalue weighted by atomic mass is 16.4. The first-order valence-electron chi connectivity index (χ1n) is 7.03. The smallest absolute Gasteiger partial charge is 0.331 e. The molecule has 0 fully saturated rings. The Balaban J connectivity index is 2.29. The lowest BCUT2D eigenvalue weighted by molar-refractivity contribution is -0.132. The van der Waals surface area contributed by atoms with E-state index in [0.717, 1.165) is 11.1 Å². The van der Waals surface area contributed by atoms with Crippen LogP contribution < -0.4 is 0 Å². The van der Waals surface area contributed by atoms with Crippen LogP contribution in [0.3, 0.4) is 0 Å². The van der Waals surface area contributed by atoms with Gasteiger partial charge in [-0.1, -0.05) is 74.5 Å². The molecule has 2 aromatic carbocycles.